The van der Waals surface area contributed by atoms with Crippen LogP contribution in [0.1, 0.15) is 25.7 Å². The standard InChI is InChI=1S/C9H12ClN3O2S/c10-8-5-6-11-9(12-8)13-16(14,15)7-3-1-2-4-7/h5-7H,1-4H2,(H,11,12,13). The van der Waals surface area contributed by atoms with Crippen molar-refractivity contribution < 1.29 is 8.42 Å². The fourth-order valence-corrected chi connectivity index (χ4v) is 3.40. The van der Waals surface area contributed by atoms with E-state index >= 15 is 0 Å². The number of rotatable bonds is 3. The summed E-state index contributed by atoms with van der Waals surface area (Å²) in [5, 5.41) is -0.103. The highest BCUT2D eigenvalue weighted by atomic mass is 35.5. The van der Waals surface area contributed by atoms with Crippen LogP contribution in [0.5, 0.6) is 0 Å². The van der Waals surface area contributed by atoms with Crippen LogP contribution in [0.2, 0.25) is 5.15 Å². The van der Waals surface area contributed by atoms with Crippen molar-refractivity contribution in [2.75, 3.05) is 4.72 Å². The number of anilines is 1. The minimum absolute atomic E-state index is 0.0411. The summed E-state index contributed by atoms with van der Waals surface area (Å²) in [4.78, 5) is 7.60. The van der Waals surface area contributed by atoms with E-state index in [1.165, 1.54) is 12.3 Å². The van der Waals surface area contributed by atoms with Crippen LogP contribution >= 0.6 is 11.6 Å². The van der Waals surface area contributed by atoms with E-state index in [4.69, 9.17) is 11.6 Å². The zero-order valence-electron chi connectivity index (χ0n) is 8.56. The van der Waals surface area contributed by atoms with Gasteiger partial charge in [0.15, 0.2) is 0 Å². The fraction of sp³-hybridized carbons (Fsp3) is 0.556. The van der Waals surface area contributed by atoms with Gasteiger partial charge in [-0.2, -0.15) is 0 Å². The highest BCUT2D eigenvalue weighted by Crippen LogP contribution is 2.25. The third-order valence-electron chi connectivity index (χ3n) is 2.60. The third kappa shape index (κ3) is 2.62. The van der Waals surface area contributed by atoms with Crippen molar-refractivity contribution in [2.45, 2.75) is 30.9 Å². The molecule has 1 aliphatic carbocycles. The van der Waals surface area contributed by atoms with E-state index in [0.717, 1.165) is 12.8 Å². The van der Waals surface area contributed by atoms with Crippen molar-refractivity contribution in [3.63, 3.8) is 0 Å². The van der Waals surface area contributed by atoms with Crippen molar-refractivity contribution in [1.82, 2.24) is 9.97 Å². The van der Waals surface area contributed by atoms with Gasteiger partial charge in [0, 0.05) is 6.20 Å². The molecular weight excluding hydrogens is 250 g/mol. The normalized spacial score (nSPS) is 17.6. The Morgan fingerprint density at radius 2 is 2.06 bits per heavy atom. The van der Waals surface area contributed by atoms with Crippen LogP contribution in [0.25, 0.3) is 0 Å². The molecule has 0 radical (unpaired) electrons. The van der Waals surface area contributed by atoms with Crippen molar-refractivity contribution in [1.29, 1.82) is 0 Å². The van der Waals surface area contributed by atoms with Gasteiger partial charge in [-0.1, -0.05) is 24.4 Å². The molecule has 0 amide bonds. The predicted molar refractivity (Wildman–Crippen MR) is 61.8 cm³/mol. The van der Waals surface area contributed by atoms with E-state index in [0.29, 0.717) is 12.8 Å². The smallest absolute Gasteiger partial charge is 0.237 e. The van der Waals surface area contributed by atoms with Crippen LogP contribution < -0.4 is 4.72 Å². The van der Waals surface area contributed by atoms with Gasteiger partial charge in [-0.15, -0.1) is 0 Å². The molecule has 0 bridgehead atoms. The van der Waals surface area contributed by atoms with Crippen LogP contribution in [0.3, 0.4) is 0 Å². The first-order valence-corrected chi connectivity index (χ1v) is 7.00. The van der Waals surface area contributed by atoms with Crippen LogP contribution in [0.15, 0.2) is 12.3 Å². The predicted octanol–water partition coefficient (Wildman–Crippen LogP) is 1.81. The zero-order chi connectivity index (χ0) is 11.6. The first kappa shape index (κ1) is 11.6. The van der Waals surface area contributed by atoms with E-state index < -0.39 is 10.0 Å². The van der Waals surface area contributed by atoms with Gasteiger partial charge < -0.3 is 0 Å². The van der Waals surface area contributed by atoms with Gasteiger partial charge in [0.05, 0.1) is 5.25 Å². The summed E-state index contributed by atoms with van der Waals surface area (Å²) in [6, 6.07) is 1.49. The number of hydrogen-bond acceptors (Lipinski definition) is 4. The van der Waals surface area contributed by atoms with Crippen molar-refractivity contribution >= 4 is 27.6 Å². The third-order valence-corrected chi connectivity index (χ3v) is 4.62. The SMILES string of the molecule is O=S(=O)(Nc1nccc(Cl)n1)C1CCCC1. The summed E-state index contributed by atoms with van der Waals surface area (Å²) >= 11 is 5.65. The molecular formula is C9H12ClN3O2S. The molecule has 7 heteroatoms. The molecule has 5 nitrogen and oxygen atoms in total. The van der Waals surface area contributed by atoms with Gasteiger partial charge in [0.1, 0.15) is 5.15 Å². The maximum atomic E-state index is 11.9. The molecule has 1 fully saturated rings. The maximum absolute atomic E-state index is 11.9. The lowest BCUT2D eigenvalue weighted by Crippen LogP contribution is -2.26. The molecule has 16 heavy (non-hydrogen) atoms. The second-order valence-electron chi connectivity index (χ2n) is 3.76. The zero-order valence-corrected chi connectivity index (χ0v) is 10.1. The van der Waals surface area contributed by atoms with E-state index in [-0.39, 0.29) is 16.4 Å². The monoisotopic (exact) mass is 261 g/mol. The molecule has 88 valence electrons. The minimum atomic E-state index is -3.36. The molecule has 0 spiro atoms. The van der Waals surface area contributed by atoms with Crippen molar-refractivity contribution in [3.8, 4) is 0 Å². The molecule has 1 aromatic heterocycles. The Morgan fingerprint density at radius 1 is 1.38 bits per heavy atom. The van der Waals surface area contributed by atoms with Crippen LogP contribution in [0.4, 0.5) is 5.95 Å². The average Bonchev–Trinajstić information content (AvgIpc) is 2.69. The Morgan fingerprint density at radius 3 is 2.69 bits per heavy atom. The van der Waals surface area contributed by atoms with Gasteiger partial charge in [-0.3, -0.25) is 4.72 Å². The number of halogens is 1. The van der Waals surface area contributed by atoms with E-state index in [1.54, 1.807) is 0 Å². The Kier molecular flexibility index (Phi) is 3.30. The molecule has 2 rings (SSSR count). The highest BCUT2D eigenvalue weighted by Gasteiger charge is 2.29. The molecule has 1 saturated carbocycles. The molecule has 0 atom stereocenters. The summed E-state index contributed by atoms with van der Waals surface area (Å²) in [7, 11) is -3.36. The highest BCUT2D eigenvalue weighted by molar-refractivity contribution is 7.93. The summed E-state index contributed by atoms with van der Waals surface area (Å²) in [5.74, 6) is 0.0411. The molecule has 1 aliphatic rings. The number of nitrogens with one attached hydrogen (secondary N) is 1. The average molecular weight is 262 g/mol. The van der Waals surface area contributed by atoms with Gasteiger partial charge >= 0.3 is 0 Å². The van der Waals surface area contributed by atoms with Crippen LogP contribution in [-0.2, 0) is 10.0 Å². The Bertz CT molecular complexity index is 471. The summed E-state index contributed by atoms with van der Waals surface area (Å²) in [6.45, 7) is 0. The number of sulfonamides is 1. The van der Waals surface area contributed by atoms with Crippen LogP contribution in [0, 0.1) is 0 Å². The molecule has 0 saturated heterocycles. The quantitative estimate of drug-likeness (QED) is 0.843. The Balaban J connectivity index is 2.14. The largest absolute Gasteiger partial charge is 0.251 e. The summed E-state index contributed by atoms with van der Waals surface area (Å²) in [5.41, 5.74) is 0. The molecule has 1 heterocycles. The molecule has 0 aromatic carbocycles. The van der Waals surface area contributed by atoms with Gasteiger partial charge in [0.25, 0.3) is 0 Å². The lowest BCUT2D eigenvalue weighted by atomic mass is 10.4. The second kappa shape index (κ2) is 4.55. The van der Waals surface area contributed by atoms with E-state index in [2.05, 4.69) is 14.7 Å². The Labute approximate surface area is 99.3 Å². The van der Waals surface area contributed by atoms with Gasteiger partial charge in [-0.05, 0) is 18.9 Å². The number of hydrogen-bond donors (Lipinski definition) is 1. The first-order chi connectivity index (χ1) is 7.58. The second-order valence-corrected chi connectivity index (χ2v) is 6.10. The molecule has 1 aromatic rings. The number of aromatic nitrogens is 2. The van der Waals surface area contributed by atoms with Crippen LogP contribution in [-0.4, -0.2) is 23.6 Å². The van der Waals surface area contributed by atoms with Crippen molar-refractivity contribution in [2.24, 2.45) is 0 Å². The maximum Gasteiger partial charge on any atom is 0.237 e. The topological polar surface area (TPSA) is 72.0 Å². The Hall–Kier alpha value is -0.880. The van der Waals surface area contributed by atoms with Crippen molar-refractivity contribution in [3.05, 3.63) is 17.4 Å². The molecule has 0 unspecified atom stereocenters. The first-order valence-electron chi connectivity index (χ1n) is 5.08. The summed E-state index contributed by atoms with van der Waals surface area (Å²) in [6.07, 6.45) is 4.75. The van der Waals surface area contributed by atoms with E-state index in [9.17, 15) is 8.42 Å². The van der Waals surface area contributed by atoms with Gasteiger partial charge in [0.2, 0.25) is 16.0 Å². The molecule has 1 N–H and O–H groups in total. The number of nitrogens with zero attached hydrogens (tertiary/aromatic N) is 2. The van der Waals surface area contributed by atoms with Gasteiger partial charge in [-0.25, -0.2) is 18.4 Å². The minimum Gasteiger partial charge on any atom is -0.251 e. The lowest BCUT2D eigenvalue weighted by molar-refractivity contribution is 0.584. The lowest BCUT2D eigenvalue weighted by Gasteiger charge is -2.11. The fourth-order valence-electron chi connectivity index (χ4n) is 1.80. The molecule has 0 aliphatic heterocycles. The van der Waals surface area contributed by atoms with E-state index in [1.807, 2.05) is 0 Å². The summed E-state index contributed by atoms with van der Waals surface area (Å²) < 4.78 is 26.1.